The number of hydrogen-bond acceptors (Lipinski definition) is 8. The maximum absolute atomic E-state index is 11.8. The normalized spacial score (nSPS) is 14.0. The van der Waals surface area contributed by atoms with Crippen LogP contribution in [0.25, 0.3) is 22.2 Å². The number of phenols is 1. The molecule has 2 aromatic rings. The van der Waals surface area contributed by atoms with Crippen molar-refractivity contribution >= 4 is 39.5 Å². The Bertz CT molecular complexity index is 1120. The lowest BCUT2D eigenvalue weighted by Gasteiger charge is -2.08. The zero-order chi connectivity index (χ0) is 17.8. The third kappa shape index (κ3) is 1.90. The Kier molecular flexibility index (Phi) is 3.04. The van der Waals surface area contributed by atoms with Crippen molar-refractivity contribution in [1.29, 1.82) is 0 Å². The lowest BCUT2D eigenvalue weighted by Crippen LogP contribution is -2.43. The molecule has 0 fully saturated rings. The molecule has 3 rings (SSSR count). The summed E-state index contributed by atoms with van der Waals surface area (Å²) in [5.74, 6) is -4.39. The first kappa shape index (κ1) is 15.1. The number of nitrogens with zero attached hydrogens (tertiary/aromatic N) is 2. The summed E-state index contributed by atoms with van der Waals surface area (Å²) in [5, 5.41) is 40.8. The fourth-order valence-electron chi connectivity index (χ4n) is 2.55. The number of benzene rings is 2. The van der Waals surface area contributed by atoms with Crippen molar-refractivity contribution in [3.05, 3.63) is 54.9 Å². The van der Waals surface area contributed by atoms with E-state index in [-0.39, 0.29) is 16.0 Å². The van der Waals surface area contributed by atoms with E-state index in [2.05, 4.69) is 0 Å². The van der Waals surface area contributed by atoms with Gasteiger partial charge < -0.3 is 10.2 Å². The van der Waals surface area contributed by atoms with Gasteiger partial charge in [0.2, 0.25) is 0 Å². The van der Waals surface area contributed by atoms with Crippen molar-refractivity contribution in [2.45, 2.75) is 0 Å². The van der Waals surface area contributed by atoms with Crippen LogP contribution in [0.4, 0.5) is 5.69 Å². The molecule has 0 saturated heterocycles. The molecule has 2 N–H and O–H groups in total. The Hall–Kier alpha value is -3.82. The van der Waals surface area contributed by atoms with E-state index < -0.39 is 49.5 Å². The molecule has 0 aromatic heterocycles. The number of carbonyl (C=O) groups excluding carboxylic acids is 2. The lowest BCUT2D eigenvalue weighted by atomic mass is 9.97. The number of nitro benzene ring substituents is 1. The third-order valence-corrected chi connectivity index (χ3v) is 3.63. The number of ketones is 2. The molecule has 10 heteroatoms. The molecular weight excluding hydrogens is 324 g/mol. The Morgan fingerprint density at radius 1 is 0.833 bits per heavy atom. The average molecular weight is 330 g/mol. The van der Waals surface area contributed by atoms with Crippen LogP contribution in [-0.4, -0.2) is 31.6 Å². The maximum Gasteiger partial charge on any atom is 0.328 e. The molecule has 0 unspecified atom stereocenters. The summed E-state index contributed by atoms with van der Waals surface area (Å²) in [6.07, 6.45) is 0. The second-order valence-corrected chi connectivity index (χ2v) is 4.92. The second-order valence-electron chi connectivity index (χ2n) is 4.92. The highest BCUT2D eigenvalue weighted by Crippen LogP contribution is 2.30. The van der Waals surface area contributed by atoms with Crippen LogP contribution in [0, 0.1) is 20.2 Å². The Labute approximate surface area is 130 Å². The molecule has 0 heterocycles. The number of carbonyl (C=O) groups is 2. The number of Topliss-reactive ketones (excluding diaryl/α,β-unsaturated/α-hetero) is 2. The van der Waals surface area contributed by atoms with Gasteiger partial charge in [0, 0.05) is 16.7 Å². The molecule has 2 aromatic carbocycles. The van der Waals surface area contributed by atoms with Gasteiger partial charge in [-0.25, -0.2) is 0 Å². The minimum atomic E-state index is -1.52. The molecule has 0 aliphatic heterocycles. The van der Waals surface area contributed by atoms with Gasteiger partial charge in [-0.2, -0.15) is 0 Å². The predicted molar refractivity (Wildman–Crippen MR) is 78.0 cm³/mol. The number of aliphatic hydroxyl groups is 1. The van der Waals surface area contributed by atoms with Crippen molar-refractivity contribution in [2.75, 3.05) is 0 Å². The van der Waals surface area contributed by atoms with Crippen LogP contribution in [0.1, 0.15) is 0 Å². The number of nitro groups is 2. The van der Waals surface area contributed by atoms with E-state index >= 15 is 0 Å². The van der Waals surface area contributed by atoms with E-state index in [0.717, 1.165) is 24.3 Å². The van der Waals surface area contributed by atoms with Crippen LogP contribution in [0.2, 0.25) is 0 Å². The summed E-state index contributed by atoms with van der Waals surface area (Å²) in [5.41, 5.74) is -1.55. The van der Waals surface area contributed by atoms with Crippen molar-refractivity contribution in [1.82, 2.24) is 0 Å². The second kappa shape index (κ2) is 4.84. The summed E-state index contributed by atoms with van der Waals surface area (Å²) >= 11 is 0. The van der Waals surface area contributed by atoms with Gasteiger partial charge in [0.05, 0.1) is 20.5 Å². The number of phenolic OH excluding ortho intramolecular Hbond substituents is 1. The first-order chi connectivity index (χ1) is 11.2. The number of aromatic hydroxyl groups is 1. The summed E-state index contributed by atoms with van der Waals surface area (Å²) in [6, 6.07) is 3.96. The topological polar surface area (TPSA) is 161 Å². The highest BCUT2D eigenvalue weighted by molar-refractivity contribution is 6.61. The van der Waals surface area contributed by atoms with E-state index in [1.165, 1.54) is 0 Å². The van der Waals surface area contributed by atoms with Gasteiger partial charge in [0.1, 0.15) is 5.75 Å². The van der Waals surface area contributed by atoms with Crippen molar-refractivity contribution in [3.63, 3.8) is 0 Å². The van der Waals surface area contributed by atoms with Crippen LogP contribution in [0.3, 0.4) is 0 Å². The van der Waals surface area contributed by atoms with Crippen molar-refractivity contribution in [3.8, 4) is 5.75 Å². The molecule has 1 aliphatic rings. The quantitative estimate of drug-likeness (QED) is 0.429. The van der Waals surface area contributed by atoms with Crippen LogP contribution in [-0.2, 0) is 9.59 Å². The molecule has 1 aliphatic carbocycles. The Balaban J connectivity index is 2.68. The zero-order valence-electron chi connectivity index (χ0n) is 11.5. The largest absolute Gasteiger partial charge is 0.507 e. The molecule has 0 atom stereocenters. The van der Waals surface area contributed by atoms with E-state index in [1.807, 2.05) is 0 Å². The van der Waals surface area contributed by atoms with E-state index in [9.17, 15) is 40.0 Å². The Morgan fingerprint density at radius 2 is 1.46 bits per heavy atom. The van der Waals surface area contributed by atoms with Crippen LogP contribution in [0.5, 0.6) is 5.75 Å². The molecule has 10 nitrogen and oxygen atoms in total. The standard InChI is InChI=1S/C14H6N2O8/c17-10-2-1-9(15(21)22)5-3-7-8(4-6(5)10)12(18)14(20)13(19)11(7)16(23)24/h1-4,17-18H. The van der Waals surface area contributed by atoms with Gasteiger partial charge in [-0.1, -0.05) is 0 Å². The minimum Gasteiger partial charge on any atom is -0.507 e. The number of non-ortho nitro benzene ring substituents is 1. The van der Waals surface area contributed by atoms with Crippen LogP contribution < -0.4 is 10.4 Å². The van der Waals surface area contributed by atoms with Crippen LogP contribution >= 0.6 is 0 Å². The maximum atomic E-state index is 11.8. The molecule has 24 heavy (non-hydrogen) atoms. The van der Waals surface area contributed by atoms with E-state index in [1.54, 1.807) is 0 Å². The van der Waals surface area contributed by atoms with Gasteiger partial charge in [-0.05, 0) is 18.2 Å². The van der Waals surface area contributed by atoms with Gasteiger partial charge in [-0.15, -0.1) is 0 Å². The molecule has 0 bridgehead atoms. The first-order valence-corrected chi connectivity index (χ1v) is 6.35. The number of fused-ring (bicyclic) bond motifs is 2. The molecule has 0 saturated carbocycles. The Morgan fingerprint density at radius 3 is 2.04 bits per heavy atom. The molecule has 0 radical (unpaired) electrons. The van der Waals surface area contributed by atoms with Crippen molar-refractivity contribution in [2.24, 2.45) is 0 Å². The summed E-state index contributed by atoms with van der Waals surface area (Å²) < 4.78 is 0. The smallest absolute Gasteiger partial charge is 0.328 e. The summed E-state index contributed by atoms with van der Waals surface area (Å²) in [6.45, 7) is 0. The van der Waals surface area contributed by atoms with Gasteiger partial charge in [0.15, 0.2) is 5.76 Å². The number of aliphatic hydroxyl groups excluding tert-OH is 1. The van der Waals surface area contributed by atoms with Gasteiger partial charge in [0.25, 0.3) is 11.5 Å². The summed E-state index contributed by atoms with van der Waals surface area (Å²) in [7, 11) is 0. The lowest BCUT2D eigenvalue weighted by molar-refractivity contribution is -0.383. The highest BCUT2D eigenvalue weighted by Gasteiger charge is 2.37. The highest BCUT2D eigenvalue weighted by atomic mass is 16.6. The SMILES string of the molecule is O=C1C(=O)C([N+](=O)[O-])=c2cc3c([N+](=O)[O-])ccc(O)c3cc2=C1O. The molecule has 120 valence electrons. The monoisotopic (exact) mass is 330 g/mol. The van der Waals surface area contributed by atoms with E-state index in [0.29, 0.717) is 0 Å². The number of rotatable bonds is 2. The van der Waals surface area contributed by atoms with Gasteiger partial charge >= 0.3 is 11.5 Å². The van der Waals surface area contributed by atoms with Crippen molar-refractivity contribution < 1.29 is 29.6 Å². The number of hydrogen-bond donors (Lipinski definition) is 2. The summed E-state index contributed by atoms with van der Waals surface area (Å²) in [4.78, 5) is 43.8. The van der Waals surface area contributed by atoms with Gasteiger partial charge in [-0.3, -0.25) is 29.8 Å². The molecular formula is C14H6N2O8. The van der Waals surface area contributed by atoms with Crippen LogP contribution in [0.15, 0.2) is 24.3 Å². The zero-order valence-corrected chi connectivity index (χ0v) is 11.5. The molecule has 0 spiro atoms. The fourth-order valence-corrected chi connectivity index (χ4v) is 2.55. The average Bonchev–Trinajstić information content (AvgIpc) is 2.51. The minimum absolute atomic E-state index is 0.0978. The fraction of sp³-hybridized carbons (Fsp3) is 0. The first-order valence-electron chi connectivity index (χ1n) is 6.35. The molecule has 0 amide bonds. The third-order valence-electron chi connectivity index (χ3n) is 3.63. The predicted octanol–water partition coefficient (Wildman–Crippen LogP) is -0.343. The van der Waals surface area contributed by atoms with E-state index in [4.69, 9.17) is 0 Å².